The molecule has 0 fully saturated rings. The van der Waals surface area contributed by atoms with Crippen LogP contribution in [0.4, 0.5) is 5.69 Å². The standard InChI is InChI=1S/C17H16BrN3O3S/c1-9-6-10(2)16(11(3)7-9)25(23,24)21-20-15-13-8-12(18)4-5-14(13)19-17(15)22/h4-8,19,22H,1-3H3. The summed E-state index contributed by atoms with van der Waals surface area (Å²) in [5, 5.41) is 14.4. The van der Waals surface area contributed by atoms with Crippen molar-refractivity contribution in [2.75, 3.05) is 0 Å². The van der Waals surface area contributed by atoms with E-state index in [2.05, 4.69) is 30.5 Å². The average Bonchev–Trinajstić information content (AvgIpc) is 2.78. The van der Waals surface area contributed by atoms with Gasteiger partial charge in [0.1, 0.15) is 0 Å². The van der Waals surface area contributed by atoms with Gasteiger partial charge in [-0.05, 0) is 50.1 Å². The summed E-state index contributed by atoms with van der Waals surface area (Å²) in [5.41, 5.74) is 2.92. The number of H-pyrrole nitrogens is 1. The lowest BCUT2D eigenvalue weighted by atomic mass is 10.1. The molecule has 0 atom stereocenters. The molecular weight excluding hydrogens is 406 g/mol. The van der Waals surface area contributed by atoms with Crippen molar-refractivity contribution in [3.8, 4) is 5.88 Å². The van der Waals surface area contributed by atoms with Crippen molar-refractivity contribution >= 4 is 42.5 Å². The molecule has 0 aliphatic heterocycles. The molecule has 0 radical (unpaired) electrons. The van der Waals surface area contributed by atoms with Gasteiger partial charge in [0.05, 0.1) is 10.4 Å². The first-order valence-corrected chi connectivity index (χ1v) is 9.68. The summed E-state index contributed by atoms with van der Waals surface area (Å²) < 4.78 is 29.6. The molecule has 2 N–H and O–H groups in total. The number of benzene rings is 2. The molecule has 1 aromatic heterocycles. The number of aromatic hydroxyl groups is 1. The number of fused-ring (bicyclic) bond motifs is 1. The van der Waals surface area contributed by atoms with Crippen LogP contribution in [0.25, 0.3) is 10.9 Å². The molecule has 0 bridgehead atoms. The normalized spacial score (nSPS) is 12.3. The molecule has 0 amide bonds. The highest BCUT2D eigenvalue weighted by Crippen LogP contribution is 2.37. The van der Waals surface area contributed by atoms with Crippen molar-refractivity contribution in [1.29, 1.82) is 0 Å². The molecular formula is C17H16BrN3O3S. The zero-order valence-corrected chi connectivity index (χ0v) is 16.2. The van der Waals surface area contributed by atoms with Crippen molar-refractivity contribution in [2.45, 2.75) is 25.7 Å². The van der Waals surface area contributed by atoms with Crippen molar-refractivity contribution < 1.29 is 13.5 Å². The monoisotopic (exact) mass is 421 g/mol. The van der Waals surface area contributed by atoms with Gasteiger partial charge >= 0.3 is 0 Å². The molecule has 1 heterocycles. The van der Waals surface area contributed by atoms with E-state index in [4.69, 9.17) is 0 Å². The van der Waals surface area contributed by atoms with Gasteiger partial charge in [0, 0.05) is 9.86 Å². The van der Waals surface area contributed by atoms with Crippen LogP contribution in [-0.4, -0.2) is 18.5 Å². The zero-order chi connectivity index (χ0) is 18.4. The molecule has 0 spiro atoms. The third kappa shape index (κ3) is 3.32. The second-order valence-corrected chi connectivity index (χ2v) is 8.33. The van der Waals surface area contributed by atoms with Crippen LogP contribution in [0.15, 0.2) is 49.3 Å². The van der Waals surface area contributed by atoms with Gasteiger partial charge in [-0.3, -0.25) is 0 Å². The number of sulfonamides is 1. The minimum absolute atomic E-state index is 0.0855. The molecule has 3 aromatic rings. The molecule has 3 rings (SSSR count). The molecule has 130 valence electrons. The van der Waals surface area contributed by atoms with Crippen LogP contribution in [0.2, 0.25) is 0 Å². The first kappa shape index (κ1) is 17.6. The largest absolute Gasteiger partial charge is 0.493 e. The van der Waals surface area contributed by atoms with Crippen LogP contribution in [0.1, 0.15) is 16.7 Å². The SMILES string of the molecule is Cc1cc(C)c(S(=O)(=O)N=Nc2c(O)[nH]c3ccc(Br)cc23)c(C)c1. The molecule has 0 unspecified atom stereocenters. The van der Waals surface area contributed by atoms with E-state index in [0.29, 0.717) is 22.0 Å². The van der Waals surface area contributed by atoms with Crippen molar-refractivity contribution in [1.82, 2.24) is 4.98 Å². The van der Waals surface area contributed by atoms with Gasteiger partial charge in [-0.2, -0.15) is 8.42 Å². The summed E-state index contributed by atoms with van der Waals surface area (Å²) in [6.45, 7) is 5.35. The molecule has 8 heteroatoms. The summed E-state index contributed by atoms with van der Waals surface area (Å²) >= 11 is 3.34. The summed E-state index contributed by atoms with van der Waals surface area (Å²) in [5.74, 6) is -0.232. The number of rotatable bonds is 3. The number of hydrogen-bond acceptors (Lipinski definition) is 4. The maximum atomic E-state index is 12.6. The molecule has 25 heavy (non-hydrogen) atoms. The Morgan fingerprint density at radius 1 is 1.08 bits per heavy atom. The number of aromatic amines is 1. The lowest BCUT2D eigenvalue weighted by Gasteiger charge is -2.08. The lowest BCUT2D eigenvalue weighted by molar-refractivity contribution is 0.459. The van der Waals surface area contributed by atoms with E-state index in [1.165, 1.54) is 0 Å². The Morgan fingerprint density at radius 3 is 2.36 bits per heavy atom. The Kier molecular flexibility index (Phi) is 4.42. The maximum absolute atomic E-state index is 12.6. The van der Waals surface area contributed by atoms with Crippen molar-refractivity contribution in [3.05, 3.63) is 51.5 Å². The zero-order valence-electron chi connectivity index (χ0n) is 13.8. The van der Waals surface area contributed by atoms with E-state index in [1.807, 2.05) is 6.92 Å². The van der Waals surface area contributed by atoms with Gasteiger partial charge in [0.15, 0.2) is 5.69 Å². The number of nitrogens with zero attached hydrogens (tertiary/aromatic N) is 2. The number of aryl methyl sites for hydroxylation is 3. The predicted octanol–water partition coefficient (Wildman–Crippen LogP) is 5.03. The van der Waals surface area contributed by atoms with E-state index in [-0.39, 0.29) is 16.5 Å². The highest BCUT2D eigenvalue weighted by Gasteiger charge is 2.20. The molecule has 0 aliphatic carbocycles. The van der Waals surface area contributed by atoms with E-state index < -0.39 is 10.0 Å². The van der Waals surface area contributed by atoms with E-state index in [9.17, 15) is 13.5 Å². The minimum Gasteiger partial charge on any atom is -0.493 e. The van der Waals surface area contributed by atoms with Crippen molar-refractivity contribution in [2.24, 2.45) is 9.63 Å². The smallest absolute Gasteiger partial charge is 0.300 e. The van der Waals surface area contributed by atoms with Crippen LogP contribution in [0.3, 0.4) is 0 Å². The van der Waals surface area contributed by atoms with Gasteiger partial charge in [0.2, 0.25) is 5.88 Å². The summed E-state index contributed by atoms with van der Waals surface area (Å²) in [7, 11) is -3.99. The first-order chi connectivity index (χ1) is 11.7. The molecule has 0 saturated heterocycles. The fourth-order valence-electron chi connectivity index (χ4n) is 2.95. The average molecular weight is 422 g/mol. The second kappa shape index (κ2) is 6.27. The predicted molar refractivity (Wildman–Crippen MR) is 100 cm³/mol. The van der Waals surface area contributed by atoms with Crippen LogP contribution in [0.5, 0.6) is 5.88 Å². The third-order valence-corrected chi connectivity index (χ3v) is 5.77. The van der Waals surface area contributed by atoms with Crippen LogP contribution >= 0.6 is 15.9 Å². The summed E-state index contributed by atoms with van der Waals surface area (Å²) in [6, 6.07) is 8.86. The first-order valence-electron chi connectivity index (χ1n) is 7.45. The fourth-order valence-corrected chi connectivity index (χ4v) is 4.51. The number of nitrogens with one attached hydrogen (secondary N) is 1. The number of hydrogen-bond donors (Lipinski definition) is 2. The van der Waals surface area contributed by atoms with Gasteiger partial charge < -0.3 is 10.1 Å². The van der Waals surface area contributed by atoms with E-state index >= 15 is 0 Å². The fraction of sp³-hybridized carbons (Fsp3) is 0.176. The minimum atomic E-state index is -3.99. The highest BCUT2D eigenvalue weighted by molar-refractivity contribution is 9.10. The topological polar surface area (TPSA) is 94.9 Å². The second-order valence-electron chi connectivity index (χ2n) is 5.90. The molecule has 0 saturated carbocycles. The lowest BCUT2D eigenvalue weighted by Crippen LogP contribution is -2.02. The van der Waals surface area contributed by atoms with Crippen molar-refractivity contribution in [3.63, 3.8) is 0 Å². The van der Waals surface area contributed by atoms with Gasteiger partial charge in [-0.25, -0.2) is 0 Å². The molecule has 0 aliphatic rings. The molecule has 6 nitrogen and oxygen atoms in total. The third-order valence-electron chi connectivity index (χ3n) is 3.83. The Bertz CT molecular complexity index is 1090. The Labute approximate surface area is 153 Å². The molecule has 2 aromatic carbocycles. The maximum Gasteiger partial charge on any atom is 0.300 e. The van der Waals surface area contributed by atoms with E-state index in [0.717, 1.165) is 10.0 Å². The summed E-state index contributed by atoms with van der Waals surface area (Å²) in [4.78, 5) is 2.89. The van der Waals surface area contributed by atoms with E-state index in [1.54, 1.807) is 44.2 Å². The summed E-state index contributed by atoms with van der Waals surface area (Å²) in [6.07, 6.45) is 0. The van der Waals surface area contributed by atoms with Gasteiger partial charge in [-0.15, -0.1) is 5.11 Å². The number of halogens is 1. The van der Waals surface area contributed by atoms with Gasteiger partial charge in [-0.1, -0.05) is 38.1 Å². The Balaban J connectivity index is 2.11. The highest BCUT2D eigenvalue weighted by atomic mass is 79.9. The van der Waals surface area contributed by atoms with Crippen LogP contribution in [0, 0.1) is 20.8 Å². The number of aromatic nitrogens is 1. The van der Waals surface area contributed by atoms with Crippen LogP contribution in [-0.2, 0) is 10.0 Å². The van der Waals surface area contributed by atoms with Gasteiger partial charge in [0.25, 0.3) is 10.0 Å². The van der Waals surface area contributed by atoms with Crippen LogP contribution < -0.4 is 0 Å². The Hall–Kier alpha value is -2.19. The quantitative estimate of drug-likeness (QED) is 0.580. The Morgan fingerprint density at radius 2 is 1.72 bits per heavy atom.